The van der Waals surface area contributed by atoms with Gasteiger partial charge in [0.05, 0.1) is 21.1 Å². The van der Waals surface area contributed by atoms with Crippen LogP contribution in [0.1, 0.15) is 12.8 Å². The van der Waals surface area contributed by atoms with Crippen LogP contribution in [0.25, 0.3) is 0 Å². The van der Waals surface area contributed by atoms with Crippen molar-refractivity contribution in [1.29, 1.82) is 0 Å². The monoisotopic (exact) mass is 332 g/mol. The van der Waals surface area contributed by atoms with Gasteiger partial charge in [-0.2, -0.15) is 0 Å². The minimum Gasteiger partial charge on any atom is -0.396 e. The molecule has 0 amide bonds. The number of hydrogen-bond donors (Lipinski definition) is 2. The molecule has 0 fully saturated rings. The highest BCUT2D eigenvalue weighted by molar-refractivity contribution is 9.24. The first-order valence-corrected chi connectivity index (χ1v) is 6.46. The molecule has 0 aliphatic rings. The van der Waals surface area contributed by atoms with Gasteiger partial charge in [0.2, 0.25) is 0 Å². The zero-order valence-corrected chi connectivity index (χ0v) is 12.2. The zero-order chi connectivity index (χ0) is 11.4. The third-order valence-corrected chi connectivity index (χ3v) is 3.63. The normalized spacial score (nSPS) is 17.1. The molecule has 0 saturated carbocycles. The largest absolute Gasteiger partial charge is 0.396 e. The lowest BCUT2D eigenvalue weighted by Gasteiger charge is -2.36. The maximum absolute atomic E-state index is 10.3. The quantitative estimate of drug-likeness (QED) is 0.568. The third kappa shape index (κ3) is 5.66. The fourth-order valence-corrected chi connectivity index (χ4v) is 2.21. The molecule has 0 aliphatic carbocycles. The summed E-state index contributed by atoms with van der Waals surface area (Å²) in [5, 5.41) is 19.1. The molecule has 14 heavy (non-hydrogen) atoms. The van der Waals surface area contributed by atoms with E-state index >= 15 is 0 Å². The van der Waals surface area contributed by atoms with Gasteiger partial charge in [-0.3, -0.25) is 0 Å². The van der Waals surface area contributed by atoms with E-state index < -0.39 is 5.60 Å². The highest BCUT2D eigenvalue weighted by Crippen LogP contribution is 2.30. The molecule has 0 saturated heterocycles. The number of halogens is 2. The summed E-state index contributed by atoms with van der Waals surface area (Å²) in [4.78, 5) is 0. The van der Waals surface area contributed by atoms with Crippen molar-refractivity contribution in [2.75, 3.05) is 34.3 Å². The van der Waals surface area contributed by atoms with Crippen LogP contribution in [0.5, 0.6) is 0 Å². The maximum atomic E-state index is 10.3. The van der Waals surface area contributed by atoms with E-state index in [-0.39, 0.29) is 10.3 Å². The topological polar surface area (TPSA) is 40.5 Å². The number of aliphatic hydroxyl groups is 2. The van der Waals surface area contributed by atoms with Gasteiger partial charge in [-0.1, -0.05) is 31.9 Å². The fraction of sp³-hybridized carbons (Fsp3) is 1.00. The first-order chi connectivity index (χ1) is 6.21. The molecule has 1 atom stereocenters. The van der Waals surface area contributed by atoms with E-state index in [4.69, 9.17) is 5.11 Å². The molecule has 0 heterocycles. The van der Waals surface area contributed by atoms with E-state index in [1.165, 1.54) is 0 Å². The van der Waals surface area contributed by atoms with Crippen LogP contribution in [0.3, 0.4) is 0 Å². The molecule has 0 spiro atoms. The second kappa shape index (κ2) is 5.80. The summed E-state index contributed by atoms with van der Waals surface area (Å²) in [6.07, 6.45) is 1.20. The molecule has 0 radical (unpaired) electrons. The van der Waals surface area contributed by atoms with E-state index in [9.17, 15) is 5.11 Å². The summed E-state index contributed by atoms with van der Waals surface area (Å²) in [6.45, 7) is 0.750. The van der Waals surface area contributed by atoms with Gasteiger partial charge in [0, 0.05) is 6.61 Å². The lowest BCUT2D eigenvalue weighted by Crippen LogP contribution is -2.52. The molecular formula is C9H20Br2NO2+. The molecule has 1 unspecified atom stereocenters. The number of likely N-dealkylation sites (N-methyl/N-ethyl adjacent to an activating group) is 1. The number of alkyl halides is 2. The van der Waals surface area contributed by atoms with E-state index in [2.05, 4.69) is 31.9 Å². The Hall–Kier alpha value is 0.840. The smallest absolute Gasteiger partial charge is 0.136 e. The summed E-state index contributed by atoms with van der Waals surface area (Å²) in [5.74, 6) is 0. The molecule has 0 aromatic rings. The molecule has 0 bridgehead atoms. The maximum Gasteiger partial charge on any atom is 0.136 e. The first-order valence-electron chi connectivity index (χ1n) is 4.63. The molecule has 0 aromatic heterocycles. The summed E-state index contributed by atoms with van der Waals surface area (Å²) in [5.41, 5.74) is -0.818. The van der Waals surface area contributed by atoms with Crippen LogP contribution < -0.4 is 0 Å². The second-order valence-electron chi connectivity index (χ2n) is 4.68. The van der Waals surface area contributed by atoms with Gasteiger partial charge in [-0.15, -0.1) is 0 Å². The van der Waals surface area contributed by atoms with Crippen molar-refractivity contribution in [1.82, 2.24) is 0 Å². The van der Waals surface area contributed by atoms with Crippen molar-refractivity contribution in [3.63, 3.8) is 0 Å². The fourth-order valence-electron chi connectivity index (χ4n) is 1.46. The van der Waals surface area contributed by atoms with Crippen molar-refractivity contribution >= 4 is 31.9 Å². The number of hydrogen-bond acceptors (Lipinski definition) is 2. The van der Waals surface area contributed by atoms with Crippen molar-refractivity contribution in [3.05, 3.63) is 0 Å². The molecule has 86 valence electrons. The van der Waals surface area contributed by atoms with Crippen molar-refractivity contribution in [2.45, 2.75) is 22.2 Å². The lowest BCUT2D eigenvalue weighted by atomic mass is 9.99. The van der Waals surface area contributed by atoms with Crippen molar-refractivity contribution in [3.8, 4) is 0 Å². The van der Waals surface area contributed by atoms with Crippen LogP contribution in [0.15, 0.2) is 0 Å². The molecule has 3 nitrogen and oxygen atoms in total. The van der Waals surface area contributed by atoms with Gasteiger partial charge < -0.3 is 14.7 Å². The second-order valence-corrected chi connectivity index (χ2v) is 7.74. The average molecular weight is 334 g/mol. The zero-order valence-electron chi connectivity index (χ0n) is 9.00. The number of nitrogens with zero attached hydrogens (tertiary/aromatic N) is 1. The van der Waals surface area contributed by atoms with Gasteiger partial charge in [0.15, 0.2) is 0 Å². The molecule has 0 rings (SSSR count). The molecule has 0 aromatic carbocycles. The van der Waals surface area contributed by atoms with E-state index in [0.29, 0.717) is 23.9 Å². The predicted octanol–water partition coefficient (Wildman–Crippen LogP) is 1.31. The summed E-state index contributed by atoms with van der Waals surface area (Å²) < 4.78 is 0.543. The minimum absolute atomic E-state index is 0.117. The Balaban J connectivity index is 4.39. The number of rotatable bonds is 6. The minimum atomic E-state index is -0.818. The Morgan fingerprint density at radius 3 is 2.07 bits per heavy atom. The van der Waals surface area contributed by atoms with Crippen LogP contribution >= 0.6 is 31.9 Å². The van der Waals surface area contributed by atoms with Crippen molar-refractivity contribution in [2.24, 2.45) is 0 Å². The van der Waals surface area contributed by atoms with Gasteiger partial charge in [0.1, 0.15) is 15.9 Å². The van der Waals surface area contributed by atoms with Crippen LogP contribution in [-0.4, -0.2) is 58.3 Å². The summed E-state index contributed by atoms with van der Waals surface area (Å²) in [7, 11) is 6.10. The summed E-state index contributed by atoms with van der Waals surface area (Å²) in [6, 6.07) is 0. The van der Waals surface area contributed by atoms with E-state index in [1.807, 2.05) is 21.1 Å². The van der Waals surface area contributed by atoms with Gasteiger partial charge in [-0.05, 0) is 12.8 Å². The third-order valence-electron chi connectivity index (χ3n) is 1.92. The predicted molar refractivity (Wildman–Crippen MR) is 65.8 cm³/mol. The van der Waals surface area contributed by atoms with Gasteiger partial charge in [0.25, 0.3) is 0 Å². The number of quaternary nitrogens is 1. The summed E-state index contributed by atoms with van der Waals surface area (Å²) >= 11 is 6.71. The van der Waals surface area contributed by atoms with Crippen LogP contribution in [0, 0.1) is 0 Å². The average Bonchev–Trinajstić information content (AvgIpc) is 1.97. The van der Waals surface area contributed by atoms with Crippen LogP contribution in [0.4, 0.5) is 0 Å². The Labute approximate surface area is 103 Å². The lowest BCUT2D eigenvalue weighted by molar-refractivity contribution is -0.876. The highest BCUT2D eigenvalue weighted by atomic mass is 79.9. The Morgan fingerprint density at radius 2 is 1.79 bits per heavy atom. The highest BCUT2D eigenvalue weighted by Gasteiger charge is 2.38. The Bertz CT molecular complexity index is 171. The molecule has 2 N–H and O–H groups in total. The Kier molecular flexibility index (Phi) is 6.14. The van der Waals surface area contributed by atoms with E-state index in [1.54, 1.807) is 0 Å². The molecule has 0 aliphatic heterocycles. The first kappa shape index (κ1) is 14.8. The van der Waals surface area contributed by atoms with Crippen molar-refractivity contribution < 1.29 is 14.7 Å². The Morgan fingerprint density at radius 1 is 1.29 bits per heavy atom. The molecule has 5 heteroatoms. The molecular weight excluding hydrogens is 314 g/mol. The van der Waals surface area contributed by atoms with Gasteiger partial charge >= 0.3 is 0 Å². The number of aliphatic hydroxyl groups excluding tert-OH is 1. The standard InChI is InChI=1S/C9H20Br2NO2/c1-12(2,3)7-9(14,8(10)11)5-4-6-13/h8,13-14H,4-7H2,1-3H3/q+1. The SMILES string of the molecule is C[N+](C)(C)CC(O)(CCCO)C(Br)Br. The van der Waals surface area contributed by atoms with E-state index in [0.717, 1.165) is 0 Å². The van der Waals surface area contributed by atoms with Crippen LogP contribution in [-0.2, 0) is 0 Å². The van der Waals surface area contributed by atoms with Crippen LogP contribution in [0.2, 0.25) is 0 Å². The van der Waals surface area contributed by atoms with Gasteiger partial charge in [-0.25, -0.2) is 0 Å².